The SMILES string of the molecule is CC(C)N(CC(O)C(F)(F)C(F)(F)C(F)(F)C(F)(F)C(F)(F)C(F)(F)C(F)(F)C(F)(F)F)C(C)C. The van der Waals surface area contributed by atoms with Crippen molar-refractivity contribution in [1.29, 1.82) is 0 Å². The lowest BCUT2D eigenvalue weighted by Crippen LogP contribution is -2.75. The van der Waals surface area contributed by atoms with Crippen LogP contribution in [0.4, 0.5) is 74.6 Å². The molecule has 0 radical (unpaired) electrons. The third-order valence-electron chi connectivity index (χ3n) is 4.88. The van der Waals surface area contributed by atoms with Gasteiger partial charge in [0, 0.05) is 18.6 Å². The summed E-state index contributed by atoms with van der Waals surface area (Å²) >= 11 is 0. The normalized spacial score (nSPS) is 17.1. The molecular formula is C16H18F17NO. The highest BCUT2D eigenvalue weighted by atomic mass is 19.4. The lowest BCUT2D eigenvalue weighted by molar-refractivity contribution is -0.464. The Morgan fingerprint density at radius 3 is 1.00 bits per heavy atom. The summed E-state index contributed by atoms with van der Waals surface area (Å²) in [7, 11) is 0. The minimum Gasteiger partial charge on any atom is -0.385 e. The van der Waals surface area contributed by atoms with Crippen LogP contribution in [0.5, 0.6) is 0 Å². The molecule has 0 spiro atoms. The van der Waals surface area contributed by atoms with Gasteiger partial charge in [0.1, 0.15) is 6.10 Å². The maximum atomic E-state index is 14.0. The zero-order valence-electron chi connectivity index (χ0n) is 17.8. The van der Waals surface area contributed by atoms with E-state index in [1.165, 1.54) is 27.7 Å². The van der Waals surface area contributed by atoms with Crippen molar-refractivity contribution < 1.29 is 79.7 Å². The smallest absolute Gasteiger partial charge is 0.385 e. The molecule has 0 fully saturated rings. The van der Waals surface area contributed by atoms with Gasteiger partial charge >= 0.3 is 47.6 Å². The Morgan fingerprint density at radius 1 is 0.486 bits per heavy atom. The molecule has 0 aromatic heterocycles. The molecular weight excluding hydrogens is 545 g/mol. The van der Waals surface area contributed by atoms with Crippen molar-refractivity contribution in [2.75, 3.05) is 6.54 Å². The Bertz CT molecular complexity index is 720. The van der Waals surface area contributed by atoms with Crippen molar-refractivity contribution in [2.45, 2.75) is 93.5 Å². The predicted molar refractivity (Wildman–Crippen MR) is 83.7 cm³/mol. The third kappa shape index (κ3) is 4.86. The molecule has 0 amide bonds. The average molecular weight is 563 g/mol. The molecule has 0 saturated carbocycles. The summed E-state index contributed by atoms with van der Waals surface area (Å²) < 4.78 is 225. The summed E-state index contributed by atoms with van der Waals surface area (Å²) in [6.45, 7) is 3.05. The number of hydrogen-bond acceptors (Lipinski definition) is 2. The van der Waals surface area contributed by atoms with Crippen LogP contribution in [0.1, 0.15) is 27.7 Å². The van der Waals surface area contributed by atoms with Gasteiger partial charge in [-0.3, -0.25) is 4.90 Å². The van der Waals surface area contributed by atoms with Crippen LogP contribution in [0.25, 0.3) is 0 Å². The molecule has 1 unspecified atom stereocenters. The van der Waals surface area contributed by atoms with E-state index >= 15 is 0 Å². The Kier molecular flexibility index (Phi) is 8.90. The summed E-state index contributed by atoms with van der Waals surface area (Å²) in [5, 5.41) is 9.35. The second kappa shape index (κ2) is 9.24. The summed E-state index contributed by atoms with van der Waals surface area (Å²) in [5.41, 5.74) is 0. The monoisotopic (exact) mass is 563 g/mol. The Morgan fingerprint density at radius 2 is 0.743 bits per heavy atom. The Balaban J connectivity index is 6.69. The summed E-state index contributed by atoms with van der Waals surface area (Å²) in [5.74, 6) is -57.2. The molecule has 2 nitrogen and oxygen atoms in total. The zero-order valence-corrected chi connectivity index (χ0v) is 17.8. The van der Waals surface area contributed by atoms with E-state index in [1.807, 2.05) is 0 Å². The topological polar surface area (TPSA) is 23.5 Å². The number of aliphatic hydroxyl groups excluding tert-OH is 1. The quantitative estimate of drug-likeness (QED) is 0.291. The highest BCUT2D eigenvalue weighted by Gasteiger charge is 2.95. The largest absolute Gasteiger partial charge is 0.460 e. The minimum atomic E-state index is -8.69. The molecule has 212 valence electrons. The van der Waals surface area contributed by atoms with Crippen LogP contribution >= 0.6 is 0 Å². The lowest BCUT2D eigenvalue weighted by atomic mass is 9.87. The molecule has 0 aliphatic rings. The first-order valence-corrected chi connectivity index (χ1v) is 9.06. The fraction of sp³-hybridized carbons (Fsp3) is 1.00. The minimum absolute atomic E-state index is 0.692. The van der Waals surface area contributed by atoms with Gasteiger partial charge in [-0.1, -0.05) is 0 Å². The van der Waals surface area contributed by atoms with Crippen molar-refractivity contribution in [1.82, 2.24) is 4.90 Å². The number of hydrogen-bond donors (Lipinski definition) is 1. The number of aliphatic hydroxyl groups is 1. The first kappa shape index (κ1) is 33.7. The van der Waals surface area contributed by atoms with Gasteiger partial charge in [-0.05, 0) is 27.7 Å². The highest BCUT2D eigenvalue weighted by Crippen LogP contribution is 2.64. The van der Waals surface area contributed by atoms with Gasteiger partial charge in [-0.2, -0.15) is 74.6 Å². The molecule has 0 aromatic carbocycles. The van der Waals surface area contributed by atoms with Crippen molar-refractivity contribution >= 4 is 0 Å². The predicted octanol–water partition coefficient (Wildman–Crippen LogP) is 6.48. The van der Waals surface area contributed by atoms with E-state index in [9.17, 15) is 79.7 Å². The first-order chi connectivity index (χ1) is 14.9. The molecule has 0 rings (SSSR count). The van der Waals surface area contributed by atoms with E-state index in [2.05, 4.69) is 0 Å². The molecule has 35 heavy (non-hydrogen) atoms. The lowest BCUT2D eigenvalue weighted by Gasteiger charge is -2.44. The van der Waals surface area contributed by atoms with Crippen LogP contribution in [0.2, 0.25) is 0 Å². The summed E-state index contributed by atoms with van der Waals surface area (Å²) in [6, 6.07) is -1.83. The van der Waals surface area contributed by atoms with E-state index in [0.717, 1.165) is 0 Å². The van der Waals surface area contributed by atoms with Crippen LogP contribution in [-0.2, 0) is 0 Å². The molecule has 0 aliphatic heterocycles. The van der Waals surface area contributed by atoms with Crippen molar-refractivity contribution in [3.05, 3.63) is 0 Å². The van der Waals surface area contributed by atoms with Gasteiger partial charge in [0.05, 0.1) is 0 Å². The van der Waals surface area contributed by atoms with Gasteiger partial charge in [-0.15, -0.1) is 0 Å². The van der Waals surface area contributed by atoms with Gasteiger partial charge in [0.2, 0.25) is 0 Å². The van der Waals surface area contributed by atoms with E-state index < -0.39 is 72.4 Å². The van der Waals surface area contributed by atoms with E-state index in [4.69, 9.17) is 0 Å². The molecule has 0 heterocycles. The Hall–Kier alpha value is -1.27. The van der Waals surface area contributed by atoms with Crippen LogP contribution in [0.15, 0.2) is 0 Å². The highest BCUT2D eigenvalue weighted by molar-refractivity contribution is 5.16. The fourth-order valence-electron chi connectivity index (χ4n) is 2.72. The summed E-state index contributed by atoms with van der Waals surface area (Å²) in [4.78, 5) is 0.692. The average Bonchev–Trinajstić information content (AvgIpc) is 2.63. The Labute approximate surface area is 186 Å². The molecule has 0 saturated heterocycles. The standard InChI is InChI=1S/C16H18F17NO/c1-6(2)34(7(3)4)5-8(35)9(17,18)10(19,20)11(21,22)12(23,24)13(25,26)14(27,28)15(29,30)16(31,32)33/h6-8,35H,5H2,1-4H3. The first-order valence-electron chi connectivity index (χ1n) is 9.06. The molecule has 0 aromatic rings. The zero-order chi connectivity index (χ0) is 29.0. The third-order valence-corrected chi connectivity index (χ3v) is 4.88. The number of rotatable bonds is 11. The maximum absolute atomic E-state index is 14.0. The van der Waals surface area contributed by atoms with Crippen molar-refractivity contribution in [3.8, 4) is 0 Å². The maximum Gasteiger partial charge on any atom is 0.460 e. The van der Waals surface area contributed by atoms with E-state index in [-0.39, 0.29) is 0 Å². The van der Waals surface area contributed by atoms with Crippen LogP contribution in [-0.4, -0.2) is 82.4 Å². The fourth-order valence-corrected chi connectivity index (χ4v) is 2.72. The van der Waals surface area contributed by atoms with Crippen molar-refractivity contribution in [3.63, 3.8) is 0 Å². The van der Waals surface area contributed by atoms with Crippen molar-refractivity contribution in [2.24, 2.45) is 0 Å². The second-order valence-corrected chi connectivity index (χ2v) is 7.97. The van der Waals surface area contributed by atoms with Crippen LogP contribution in [0.3, 0.4) is 0 Å². The van der Waals surface area contributed by atoms with Gasteiger partial charge in [-0.25, -0.2) is 0 Å². The molecule has 1 N–H and O–H groups in total. The molecule has 0 aliphatic carbocycles. The molecule has 1 atom stereocenters. The number of nitrogens with zero attached hydrogens (tertiary/aromatic N) is 1. The van der Waals surface area contributed by atoms with E-state index in [1.54, 1.807) is 0 Å². The second-order valence-electron chi connectivity index (χ2n) is 7.97. The van der Waals surface area contributed by atoms with Gasteiger partial charge < -0.3 is 5.11 Å². The number of alkyl halides is 17. The number of halogens is 17. The van der Waals surface area contributed by atoms with E-state index in [0.29, 0.717) is 4.90 Å². The van der Waals surface area contributed by atoms with Crippen LogP contribution in [0, 0.1) is 0 Å². The van der Waals surface area contributed by atoms with Gasteiger partial charge in [0.25, 0.3) is 0 Å². The van der Waals surface area contributed by atoms with Crippen LogP contribution < -0.4 is 0 Å². The summed E-state index contributed by atoms with van der Waals surface area (Å²) in [6.07, 6.45) is -11.9. The van der Waals surface area contributed by atoms with Gasteiger partial charge in [0.15, 0.2) is 0 Å². The molecule has 19 heteroatoms. The molecule has 0 bridgehead atoms.